The fourth-order valence-corrected chi connectivity index (χ4v) is 3.94. The SMILES string of the molecule is COc1nc(C=Cc2nc3n(n2)CC[C@H]3c2cc(F)c(F)c(F)c2)ccc1-n1cnc(C)c1. The van der Waals surface area contributed by atoms with Gasteiger partial charge in [-0.3, -0.25) is 0 Å². The van der Waals surface area contributed by atoms with Gasteiger partial charge in [-0.2, -0.15) is 5.10 Å². The molecule has 0 fully saturated rings. The highest BCUT2D eigenvalue weighted by atomic mass is 19.2. The fourth-order valence-electron chi connectivity index (χ4n) is 3.94. The minimum Gasteiger partial charge on any atom is -0.479 e. The van der Waals surface area contributed by atoms with E-state index in [1.807, 2.05) is 29.8 Å². The van der Waals surface area contributed by atoms with Crippen LogP contribution in [0.4, 0.5) is 13.2 Å². The van der Waals surface area contributed by atoms with Gasteiger partial charge in [0, 0.05) is 18.7 Å². The zero-order valence-electron chi connectivity index (χ0n) is 17.8. The smallest absolute Gasteiger partial charge is 0.238 e. The van der Waals surface area contributed by atoms with Crippen LogP contribution >= 0.6 is 0 Å². The Kier molecular flexibility index (Phi) is 5.20. The number of aryl methyl sites for hydroxylation is 2. The van der Waals surface area contributed by atoms with Crippen LogP contribution in [-0.2, 0) is 6.54 Å². The summed E-state index contributed by atoms with van der Waals surface area (Å²) in [6.07, 6.45) is 7.61. The molecular formula is C23H19F3N6O. The number of hydrogen-bond donors (Lipinski definition) is 0. The number of rotatable bonds is 5. The van der Waals surface area contributed by atoms with Crippen molar-refractivity contribution in [3.63, 3.8) is 0 Å². The van der Waals surface area contributed by atoms with Crippen LogP contribution in [0.25, 0.3) is 17.8 Å². The van der Waals surface area contributed by atoms with E-state index in [-0.39, 0.29) is 5.92 Å². The second-order valence-electron chi connectivity index (χ2n) is 7.71. The highest BCUT2D eigenvalue weighted by molar-refractivity contribution is 5.65. The van der Waals surface area contributed by atoms with Crippen LogP contribution in [-0.4, -0.2) is 36.4 Å². The van der Waals surface area contributed by atoms with Gasteiger partial charge in [-0.15, -0.1) is 0 Å². The lowest BCUT2D eigenvalue weighted by atomic mass is 9.97. The first kappa shape index (κ1) is 20.9. The third-order valence-electron chi connectivity index (χ3n) is 5.51. The zero-order chi connectivity index (χ0) is 23.1. The van der Waals surface area contributed by atoms with Gasteiger partial charge in [-0.05, 0) is 55.3 Å². The van der Waals surface area contributed by atoms with Crippen LogP contribution in [0, 0.1) is 24.4 Å². The summed E-state index contributed by atoms with van der Waals surface area (Å²) in [5.74, 6) is -2.80. The molecule has 4 heterocycles. The maximum absolute atomic E-state index is 13.7. The zero-order valence-corrected chi connectivity index (χ0v) is 17.8. The molecule has 1 aromatic carbocycles. The van der Waals surface area contributed by atoms with Gasteiger partial charge in [0.05, 0.1) is 24.8 Å². The number of nitrogens with zero attached hydrogens (tertiary/aromatic N) is 6. The Morgan fingerprint density at radius 1 is 1.09 bits per heavy atom. The molecule has 7 nitrogen and oxygen atoms in total. The van der Waals surface area contributed by atoms with Gasteiger partial charge in [-0.25, -0.2) is 32.8 Å². The number of aromatic nitrogens is 6. The minimum absolute atomic E-state index is 0.338. The maximum Gasteiger partial charge on any atom is 0.238 e. The van der Waals surface area contributed by atoms with Gasteiger partial charge in [-0.1, -0.05) is 0 Å². The maximum atomic E-state index is 13.7. The highest BCUT2D eigenvalue weighted by Gasteiger charge is 2.29. The summed E-state index contributed by atoms with van der Waals surface area (Å²) in [7, 11) is 1.55. The minimum atomic E-state index is -1.47. The molecule has 0 amide bonds. The molecule has 0 aliphatic carbocycles. The topological polar surface area (TPSA) is 70.7 Å². The van der Waals surface area contributed by atoms with E-state index < -0.39 is 17.5 Å². The molecule has 1 aliphatic heterocycles. The number of imidazole rings is 1. The van der Waals surface area contributed by atoms with Crippen LogP contribution in [0.5, 0.6) is 5.88 Å². The van der Waals surface area contributed by atoms with Crippen molar-refractivity contribution in [2.45, 2.75) is 25.8 Å². The highest BCUT2D eigenvalue weighted by Crippen LogP contribution is 2.34. The fraction of sp³-hybridized carbons (Fsp3) is 0.217. The van der Waals surface area contributed by atoms with Crippen molar-refractivity contribution < 1.29 is 17.9 Å². The molecule has 1 atom stereocenters. The molecule has 10 heteroatoms. The molecule has 4 aromatic rings. The number of hydrogen-bond acceptors (Lipinski definition) is 5. The Morgan fingerprint density at radius 2 is 1.88 bits per heavy atom. The molecule has 0 radical (unpaired) electrons. The average molecular weight is 452 g/mol. The second-order valence-corrected chi connectivity index (χ2v) is 7.71. The number of fused-ring (bicyclic) bond motifs is 1. The molecule has 0 bridgehead atoms. The van der Waals surface area contributed by atoms with Crippen LogP contribution in [0.3, 0.4) is 0 Å². The summed E-state index contributed by atoms with van der Waals surface area (Å²) in [6.45, 7) is 2.45. The molecule has 5 rings (SSSR count). The van der Waals surface area contributed by atoms with Crippen molar-refractivity contribution in [3.05, 3.63) is 82.8 Å². The van der Waals surface area contributed by atoms with Gasteiger partial charge >= 0.3 is 0 Å². The van der Waals surface area contributed by atoms with E-state index in [0.717, 1.165) is 23.5 Å². The van der Waals surface area contributed by atoms with E-state index in [1.54, 1.807) is 30.3 Å². The number of pyridine rings is 1. The van der Waals surface area contributed by atoms with Crippen molar-refractivity contribution in [1.29, 1.82) is 0 Å². The van der Waals surface area contributed by atoms with E-state index in [0.29, 0.717) is 41.8 Å². The number of ether oxygens (including phenoxy) is 1. The third-order valence-corrected chi connectivity index (χ3v) is 5.51. The first-order valence-electron chi connectivity index (χ1n) is 10.3. The van der Waals surface area contributed by atoms with Crippen molar-refractivity contribution in [2.24, 2.45) is 0 Å². The van der Waals surface area contributed by atoms with Crippen molar-refractivity contribution in [2.75, 3.05) is 7.11 Å². The van der Waals surface area contributed by atoms with Gasteiger partial charge < -0.3 is 9.30 Å². The lowest BCUT2D eigenvalue weighted by Crippen LogP contribution is -2.02. The van der Waals surface area contributed by atoms with Crippen LogP contribution < -0.4 is 4.74 Å². The summed E-state index contributed by atoms with van der Waals surface area (Å²) in [5.41, 5.74) is 2.62. The quantitative estimate of drug-likeness (QED) is 0.423. The van der Waals surface area contributed by atoms with E-state index >= 15 is 0 Å². The Bertz CT molecular complexity index is 1350. The van der Waals surface area contributed by atoms with Gasteiger partial charge in [0.15, 0.2) is 23.3 Å². The molecule has 0 saturated carbocycles. The average Bonchev–Trinajstić information content (AvgIpc) is 3.51. The molecule has 0 unspecified atom stereocenters. The van der Waals surface area contributed by atoms with Crippen molar-refractivity contribution in [3.8, 4) is 11.6 Å². The second kappa shape index (κ2) is 8.19. The molecule has 0 saturated heterocycles. The molecule has 0 N–H and O–H groups in total. The first-order chi connectivity index (χ1) is 15.9. The number of methoxy groups -OCH3 is 1. The Hall–Kier alpha value is -3.95. The Balaban J connectivity index is 1.39. The first-order valence-corrected chi connectivity index (χ1v) is 10.3. The summed E-state index contributed by atoms with van der Waals surface area (Å²) in [4.78, 5) is 13.2. The van der Waals surface area contributed by atoms with E-state index in [9.17, 15) is 13.2 Å². The normalized spacial score (nSPS) is 15.4. The standard InChI is InChI=1S/C23H19F3N6O/c1-13-11-31(12-27-13)19-5-3-15(28-23(19)33-2)4-6-20-29-22-16(7-8-32(22)30-20)14-9-17(24)21(26)18(25)10-14/h3-6,9-12,16H,7-8H2,1-2H3/t16-/m0/s1. The molecule has 1 aliphatic rings. The van der Waals surface area contributed by atoms with Gasteiger partial charge in [0.2, 0.25) is 5.88 Å². The van der Waals surface area contributed by atoms with Crippen molar-refractivity contribution >= 4 is 12.2 Å². The predicted molar refractivity (Wildman–Crippen MR) is 114 cm³/mol. The largest absolute Gasteiger partial charge is 0.479 e. The lowest BCUT2D eigenvalue weighted by molar-refractivity contribution is 0.395. The van der Waals surface area contributed by atoms with Crippen LogP contribution in [0.1, 0.15) is 40.9 Å². The van der Waals surface area contributed by atoms with Crippen LogP contribution in [0.15, 0.2) is 36.8 Å². The lowest BCUT2D eigenvalue weighted by Gasteiger charge is -2.09. The number of halogens is 3. The van der Waals surface area contributed by atoms with Crippen molar-refractivity contribution in [1.82, 2.24) is 29.3 Å². The van der Waals surface area contributed by atoms with E-state index in [4.69, 9.17) is 4.74 Å². The van der Waals surface area contributed by atoms with Gasteiger partial charge in [0.1, 0.15) is 11.5 Å². The summed E-state index contributed by atoms with van der Waals surface area (Å²) >= 11 is 0. The summed E-state index contributed by atoms with van der Waals surface area (Å²) < 4.78 is 49.7. The molecule has 3 aromatic heterocycles. The van der Waals surface area contributed by atoms with E-state index in [1.165, 1.54) is 0 Å². The number of benzene rings is 1. The Labute approximate surface area is 187 Å². The van der Waals surface area contributed by atoms with Gasteiger partial charge in [0.25, 0.3) is 0 Å². The molecular weight excluding hydrogens is 433 g/mol. The summed E-state index contributed by atoms with van der Waals surface area (Å²) in [6, 6.07) is 5.74. The summed E-state index contributed by atoms with van der Waals surface area (Å²) in [5, 5.41) is 4.44. The third kappa shape index (κ3) is 3.88. The Morgan fingerprint density at radius 3 is 2.58 bits per heavy atom. The predicted octanol–water partition coefficient (Wildman–Crippen LogP) is 4.30. The monoisotopic (exact) mass is 452 g/mol. The molecule has 0 spiro atoms. The molecule has 168 valence electrons. The van der Waals surface area contributed by atoms with E-state index in [2.05, 4.69) is 20.1 Å². The molecule has 33 heavy (non-hydrogen) atoms. The van der Waals surface area contributed by atoms with Crippen LogP contribution in [0.2, 0.25) is 0 Å².